The van der Waals surface area contributed by atoms with E-state index in [1.807, 2.05) is 0 Å². The number of nitrogens with two attached hydrogens (primary N) is 1. The zero-order valence-corrected chi connectivity index (χ0v) is 15.4. The number of carbonyl (C=O) groups is 1. The summed E-state index contributed by atoms with van der Waals surface area (Å²) < 4.78 is 44.8. The van der Waals surface area contributed by atoms with Crippen LogP contribution in [0.1, 0.15) is 18.4 Å². The van der Waals surface area contributed by atoms with Gasteiger partial charge >= 0.3 is 5.97 Å². The van der Waals surface area contributed by atoms with Crippen molar-refractivity contribution >= 4 is 27.4 Å². The number of carbonyl (C=O) groups excluding carboxylic acids is 1. The van der Waals surface area contributed by atoms with Gasteiger partial charge in [-0.1, -0.05) is 23.7 Å². The molecule has 3 atom stereocenters. The molecule has 0 unspecified atom stereocenters. The standard InChI is InChI=1S/C18H17ClFNO4S/c1-2-25-17(22)18(21)15(11-4-3-5-13(20)10-11)16(18)26(23,24)14-8-6-12(19)7-9-14/h3-10,15-16H,2,21H2,1H3/t15-,16+,18-/m1/s1. The summed E-state index contributed by atoms with van der Waals surface area (Å²) in [6.45, 7) is 1.66. The Morgan fingerprint density at radius 3 is 2.50 bits per heavy atom. The lowest BCUT2D eigenvalue weighted by Crippen LogP contribution is -2.41. The second kappa shape index (κ2) is 6.64. The fourth-order valence-corrected chi connectivity index (χ4v) is 5.58. The number of esters is 1. The van der Waals surface area contributed by atoms with Crippen LogP contribution < -0.4 is 5.73 Å². The van der Waals surface area contributed by atoms with Crippen LogP contribution in [0.2, 0.25) is 5.02 Å². The van der Waals surface area contributed by atoms with Crippen LogP contribution >= 0.6 is 11.6 Å². The number of sulfone groups is 1. The molecule has 1 saturated carbocycles. The minimum absolute atomic E-state index is 0.00933. The first kappa shape index (κ1) is 18.8. The van der Waals surface area contributed by atoms with Gasteiger partial charge in [-0.2, -0.15) is 0 Å². The molecule has 0 aromatic heterocycles. The van der Waals surface area contributed by atoms with Gasteiger partial charge in [0.25, 0.3) is 0 Å². The van der Waals surface area contributed by atoms with Crippen LogP contribution in [-0.2, 0) is 19.4 Å². The normalized spacial score (nSPS) is 24.9. The molecule has 1 aliphatic carbocycles. The Labute approximate surface area is 155 Å². The van der Waals surface area contributed by atoms with Gasteiger partial charge in [-0.25, -0.2) is 17.6 Å². The van der Waals surface area contributed by atoms with Crippen LogP contribution in [0.5, 0.6) is 0 Å². The van der Waals surface area contributed by atoms with E-state index in [4.69, 9.17) is 22.1 Å². The maximum absolute atomic E-state index is 13.6. The molecule has 5 nitrogen and oxygen atoms in total. The molecule has 0 bridgehead atoms. The number of hydrogen-bond donors (Lipinski definition) is 1. The van der Waals surface area contributed by atoms with Crippen LogP contribution in [0.3, 0.4) is 0 Å². The lowest BCUT2D eigenvalue weighted by atomic mass is 10.1. The number of benzene rings is 2. The van der Waals surface area contributed by atoms with Crippen molar-refractivity contribution in [3.63, 3.8) is 0 Å². The van der Waals surface area contributed by atoms with E-state index < -0.39 is 38.3 Å². The predicted molar refractivity (Wildman–Crippen MR) is 95.1 cm³/mol. The van der Waals surface area contributed by atoms with Crippen LogP contribution in [0.15, 0.2) is 53.4 Å². The van der Waals surface area contributed by atoms with Gasteiger partial charge < -0.3 is 10.5 Å². The molecule has 26 heavy (non-hydrogen) atoms. The topological polar surface area (TPSA) is 86.5 Å². The van der Waals surface area contributed by atoms with E-state index in [-0.39, 0.29) is 11.5 Å². The summed E-state index contributed by atoms with van der Waals surface area (Å²) in [5.74, 6) is -2.27. The van der Waals surface area contributed by atoms with E-state index in [9.17, 15) is 17.6 Å². The first-order valence-corrected chi connectivity index (χ1v) is 9.86. The molecule has 138 valence electrons. The minimum atomic E-state index is -3.97. The second-order valence-corrected chi connectivity index (χ2v) is 8.61. The van der Waals surface area contributed by atoms with Crippen molar-refractivity contribution in [2.24, 2.45) is 5.73 Å². The molecular weight excluding hydrogens is 381 g/mol. The Morgan fingerprint density at radius 2 is 1.92 bits per heavy atom. The third kappa shape index (κ3) is 3.00. The largest absolute Gasteiger partial charge is 0.465 e. The first-order chi connectivity index (χ1) is 12.2. The van der Waals surface area contributed by atoms with Gasteiger partial charge in [0.1, 0.15) is 16.6 Å². The molecule has 2 aromatic carbocycles. The number of hydrogen-bond acceptors (Lipinski definition) is 5. The van der Waals surface area contributed by atoms with Gasteiger partial charge in [-0.05, 0) is 48.9 Å². The smallest absolute Gasteiger partial charge is 0.328 e. The molecular formula is C18H17ClFNO4S. The predicted octanol–water partition coefficient (Wildman–Crippen LogP) is 2.68. The van der Waals surface area contributed by atoms with Gasteiger partial charge in [-0.3, -0.25) is 0 Å². The van der Waals surface area contributed by atoms with E-state index in [0.29, 0.717) is 10.6 Å². The van der Waals surface area contributed by atoms with Gasteiger partial charge in [0.2, 0.25) is 0 Å². The van der Waals surface area contributed by atoms with Crippen LogP contribution in [-0.4, -0.2) is 31.8 Å². The van der Waals surface area contributed by atoms with Gasteiger partial charge in [0.05, 0.1) is 11.5 Å². The molecule has 0 aliphatic heterocycles. The highest BCUT2D eigenvalue weighted by atomic mass is 35.5. The number of halogens is 2. The Kier molecular flexibility index (Phi) is 4.81. The van der Waals surface area contributed by atoms with Gasteiger partial charge in [-0.15, -0.1) is 0 Å². The van der Waals surface area contributed by atoms with Crippen molar-refractivity contribution in [1.82, 2.24) is 0 Å². The highest BCUT2D eigenvalue weighted by molar-refractivity contribution is 7.92. The van der Waals surface area contributed by atoms with Gasteiger partial charge in [0.15, 0.2) is 9.84 Å². The fourth-order valence-electron chi connectivity index (χ4n) is 3.23. The third-order valence-corrected chi connectivity index (χ3v) is 7.00. The van der Waals surface area contributed by atoms with Crippen molar-refractivity contribution in [1.29, 1.82) is 0 Å². The van der Waals surface area contributed by atoms with Crippen LogP contribution in [0, 0.1) is 5.82 Å². The number of ether oxygens (including phenoxy) is 1. The maximum Gasteiger partial charge on any atom is 0.328 e. The number of rotatable bonds is 5. The molecule has 1 aliphatic rings. The third-order valence-electron chi connectivity index (χ3n) is 4.49. The zero-order chi connectivity index (χ0) is 19.1. The summed E-state index contributed by atoms with van der Waals surface area (Å²) >= 11 is 5.81. The molecule has 0 saturated heterocycles. The van der Waals surface area contributed by atoms with E-state index in [0.717, 1.165) is 0 Å². The fraction of sp³-hybridized carbons (Fsp3) is 0.278. The molecule has 0 amide bonds. The quantitative estimate of drug-likeness (QED) is 0.784. The van der Waals surface area contributed by atoms with Gasteiger partial charge in [0, 0.05) is 10.9 Å². The highest BCUT2D eigenvalue weighted by Crippen LogP contribution is 2.56. The van der Waals surface area contributed by atoms with Crippen molar-refractivity contribution in [3.8, 4) is 0 Å². The molecule has 8 heteroatoms. The second-order valence-electron chi connectivity index (χ2n) is 6.11. The SMILES string of the molecule is CCOC(=O)[C@@]1(N)[C@H](c2cccc(F)c2)[C@@H]1S(=O)(=O)c1ccc(Cl)cc1. The van der Waals surface area contributed by atoms with Crippen LogP contribution in [0.4, 0.5) is 4.39 Å². The minimum Gasteiger partial charge on any atom is -0.465 e. The molecule has 2 N–H and O–H groups in total. The Morgan fingerprint density at radius 1 is 1.27 bits per heavy atom. The summed E-state index contributed by atoms with van der Waals surface area (Å²) in [5, 5.41) is -0.872. The van der Waals surface area contributed by atoms with E-state index in [1.54, 1.807) is 13.0 Å². The molecule has 2 aromatic rings. The highest BCUT2D eigenvalue weighted by Gasteiger charge is 2.74. The van der Waals surface area contributed by atoms with E-state index in [1.165, 1.54) is 42.5 Å². The molecule has 0 radical (unpaired) electrons. The molecule has 3 rings (SSSR count). The summed E-state index contributed by atoms with van der Waals surface area (Å²) in [6.07, 6.45) is 0. The molecule has 0 spiro atoms. The van der Waals surface area contributed by atoms with Crippen molar-refractivity contribution in [2.45, 2.75) is 28.5 Å². The average Bonchev–Trinajstić information content (AvgIpc) is 3.24. The van der Waals surface area contributed by atoms with Crippen molar-refractivity contribution in [3.05, 3.63) is 64.9 Å². The first-order valence-electron chi connectivity index (χ1n) is 7.94. The monoisotopic (exact) mass is 397 g/mol. The summed E-state index contributed by atoms with van der Waals surface area (Å²) in [6, 6.07) is 11.0. The maximum atomic E-state index is 13.6. The summed E-state index contributed by atoms with van der Waals surface area (Å²) in [5.41, 5.74) is 4.76. The molecule has 0 heterocycles. The summed E-state index contributed by atoms with van der Waals surface area (Å²) in [4.78, 5) is 12.4. The summed E-state index contributed by atoms with van der Waals surface area (Å²) in [7, 11) is -3.97. The van der Waals surface area contributed by atoms with Crippen molar-refractivity contribution < 1.29 is 22.3 Å². The van der Waals surface area contributed by atoms with Crippen molar-refractivity contribution in [2.75, 3.05) is 6.61 Å². The van der Waals surface area contributed by atoms with Crippen LogP contribution in [0.25, 0.3) is 0 Å². The van der Waals surface area contributed by atoms with E-state index >= 15 is 0 Å². The van der Waals surface area contributed by atoms with E-state index in [2.05, 4.69) is 0 Å². The lowest BCUT2D eigenvalue weighted by Gasteiger charge is -2.11. The average molecular weight is 398 g/mol. The zero-order valence-electron chi connectivity index (χ0n) is 13.9. The Hall–Kier alpha value is -1.96. The Balaban J connectivity index is 2.07. The Bertz CT molecular complexity index is 948. The molecule has 1 fully saturated rings. The lowest BCUT2D eigenvalue weighted by molar-refractivity contribution is -0.145.